The Morgan fingerprint density at radius 2 is 1.27 bits per heavy atom. The van der Waals surface area contributed by atoms with Crippen molar-refractivity contribution in [1.82, 2.24) is 0 Å². The molecule has 0 N–H and O–H groups in total. The Balaban J connectivity index is 2.02. The molecular formula is C12H8SSe2. The summed E-state index contributed by atoms with van der Waals surface area (Å²) in [6.07, 6.45) is 0. The quantitative estimate of drug-likeness (QED) is 0.628. The van der Waals surface area contributed by atoms with Gasteiger partial charge in [-0.3, -0.25) is 0 Å². The van der Waals surface area contributed by atoms with Crippen molar-refractivity contribution in [2.75, 3.05) is 0 Å². The van der Waals surface area contributed by atoms with Gasteiger partial charge >= 0.3 is 105 Å². The van der Waals surface area contributed by atoms with Gasteiger partial charge in [0.1, 0.15) is 0 Å². The van der Waals surface area contributed by atoms with E-state index < -0.39 is 0 Å². The Labute approximate surface area is 105 Å². The molecule has 0 saturated carbocycles. The van der Waals surface area contributed by atoms with Gasteiger partial charge in [0, 0.05) is 0 Å². The maximum absolute atomic E-state index is 2.28. The molecule has 0 aliphatic carbocycles. The first-order chi connectivity index (χ1) is 7.43. The number of hydrogen-bond donors (Lipinski definition) is 0. The number of thiophene rings is 1. The van der Waals surface area contributed by atoms with Crippen LogP contribution < -0.4 is 0 Å². The molecule has 3 aromatic heterocycles. The predicted molar refractivity (Wildman–Crippen MR) is 69.1 cm³/mol. The molecular weight excluding hydrogens is 334 g/mol. The molecule has 0 amide bonds. The third kappa shape index (κ3) is 1.99. The van der Waals surface area contributed by atoms with Crippen LogP contribution in [0.3, 0.4) is 0 Å². The predicted octanol–water partition coefficient (Wildman–Crippen LogP) is 3.20. The van der Waals surface area contributed by atoms with Crippen molar-refractivity contribution in [2.24, 2.45) is 0 Å². The first-order valence-corrected chi connectivity index (χ1v) is 9.12. The Hall–Kier alpha value is -0.301. The summed E-state index contributed by atoms with van der Waals surface area (Å²) in [5.41, 5.74) is 0. The summed E-state index contributed by atoms with van der Waals surface area (Å²) in [6, 6.07) is 13.4. The molecule has 0 spiro atoms. The second-order valence-electron chi connectivity index (χ2n) is 3.12. The van der Waals surface area contributed by atoms with Gasteiger partial charge in [0.2, 0.25) is 0 Å². The van der Waals surface area contributed by atoms with Crippen molar-refractivity contribution in [3.05, 3.63) is 46.3 Å². The SMILES string of the molecule is c1c[se]c(-c2ccc(-c3ccc[se]3)s2)c1. The second kappa shape index (κ2) is 4.29. The van der Waals surface area contributed by atoms with Gasteiger partial charge in [0.05, 0.1) is 0 Å². The van der Waals surface area contributed by atoms with Gasteiger partial charge in [-0.05, 0) is 0 Å². The second-order valence-corrected chi connectivity index (χ2v) is 8.18. The van der Waals surface area contributed by atoms with E-state index in [0.717, 1.165) is 0 Å². The van der Waals surface area contributed by atoms with Gasteiger partial charge in [-0.25, -0.2) is 0 Å². The molecule has 0 radical (unpaired) electrons. The summed E-state index contributed by atoms with van der Waals surface area (Å²) >= 11 is 3.07. The minimum atomic E-state index is 0.565. The van der Waals surface area contributed by atoms with Crippen molar-refractivity contribution >= 4 is 40.3 Å². The molecule has 3 rings (SSSR count). The van der Waals surface area contributed by atoms with Gasteiger partial charge in [0.15, 0.2) is 0 Å². The van der Waals surface area contributed by atoms with E-state index >= 15 is 0 Å². The van der Waals surface area contributed by atoms with Crippen molar-refractivity contribution in [3.63, 3.8) is 0 Å². The van der Waals surface area contributed by atoms with E-state index in [2.05, 4.69) is 46.3 Å². The van der Waals surface area contributed by atoms with Crippen LogP contribution >= 0.6 is 11.3 Å². The summed E-state index contributed by atoms with van der Waals surface area (Å²) in [4.78, 5) is 7.47. The zero-order chi connectivity index (χ0) is 10.1. The van der Waals surface area contributed by atoms with E-state index in [1.807, 2.05) is 11.3 Å². The molecule has 0 aliphatic heterocycles. The summed E-state index contributed by atoms with van der Waals surface area (Å²) in [6.45, 7) is 0. The fourth-order valence-corrected chi connectivity index (χ4v) is 6.02. The number of rotatable bonds is 2. The molecule has 15 heavy (non-hydrogen) atoms. The van der Waals surface area contributed by atoms with Crippen LogP contribution in [0, 0.1) is 0 Å². The molecule has 0 saturated heterocycles. The molecule has 0 unspecified atom stereocenters. The fourth-order valence-electron chi connectivity index (χ4n) is 1.44. The molecule has 74 valence electrons. The molecule has 0 aromatic carbocycles. The molecule has 3 heterocycles. The van der Waals surface area contributed by atoms with Crippen LogP contribution in [0.1, 0.15) is 0 Å². The van der Waals surface area contributed by atoms with Crippen molar-refractivity contribution in [1.29, 1.82) is 0 Å². The molecule has 0 bridgehead atoms. The fraction of sp³-hybridized carbons (Fsp3) is 0. The molecule has 3 heteroatoms. The van der Waals surface area contributed by atoms with E-state index in [1.54, 1.807) is 0 Å². The third-order valence-electron chi connectivity index (χ3n) is 2.13. The van der Waals surface area contributed by atoms with Crippen LogP contribution in [0.25, 0.3) is 18.6 Å². The van der Waals surface area contributed by atoms with Crippen LogP contribution in [-0.2, 0) is 0 Å². The van der Waals surface area contributed by atoms with Crippen molar-refractivity contribution in [2.45, 2.75) is 0 Å². The summed E-state index contributed by atoms with van der Waals surface area (Å²) < 4.78 is 3.05. The van der Waals surface area contributed by atoms with Crippen LogP contribution in [0.5, 0.6) is 0 Å². The Kier molecular flexibility index (Phi) is 2.83. The first kappa shape index (κ1) is 9.89. The van der Waals surface area contributed by atoms with E-state index in [9.17, 15) is 0 Å². The van der Waals surface area contributed by atoms with E-state index in [-0.39, 0.29) is 0 Å². The summed E-state index contributed by atoms with van der Waals surface area (Å²) in [5, 5.41) is 0. The Morgan fingerprint density at radius 1 is 0.733 bits per heavy atom. The molecule has 3 aromatic rings. The zero-order valence-corrected chi connectivity index (χ0v) is 12.1. The third-order valence-corrected chi connectivity index (χ3v) is 7.66. The van der Waals surface area contributed by atoms with Crippen LogP contribution in [0.2, 0.25) is 0 Å². The van der Waals surface area contributed by atoms with Gasteiger partial charge in [-0.1, -0.05) is 0 Å². The van der Waals surface area contributed by atoms with Gasteiger partial charge in [0.25, 0.3) is 0 Å². The van der Waals surface area contributed by atoms with Crippen molar-refractivity contribution < 1.29 is 0 Å². The minimum absolute atomic E-state index is 0.565. The summed E-state index contributed by atoms with van der Waals surface area (Å²) in [7, 11) is 0. The topological polar surface area (TPSA) is 0 Å². The van der Waals surface area contributed by atoms with Crippen LogP contribution in [0.4, 0.5) is 0 Å². The van der Waals surface area contributed by atoms with Crippen LogP contribution in [-0.4, -0.2) is 29.0 Å². The monoisotopic (exact) mass is 344 g/mol. The molecule has 0 fully saturated rings. The average Bonchev–Trinajstić information content (AvgIpc) is 3.02. The average molecular weight is 342 g/mol. The molecule has 0 nitrogen and oxygen atoms in total. The van der Waals surface area contributed by atoms with Gasteiger partial charge in [-0.2, -0.15) is 0 Å². The van der Waals surface area contributed by atoms with Crippen molar-refractivity contribution in [3.8, 4) is 18.6 Å². The molecule has 0 atom stereocenters. The van der Waals surface area contributed by atoms with E-state index in [1.165, 1.54) is 18.6 Å². The normalized spacial score (nSPS) is 10.7. The van der Waals surface area contributed by atoms with E-state index in [0.29, 0.717) is 29.0 Å². The standard InChI is InChI=1S/C12H8SSe2/c1-3-11(14-7-1)9-5-6-10(13-9)12-4-2-8-15-12/h1-8H. The number of hydrogen-bond acceptors (Lipinski definition) is 1. The van der Waals surface area contributed by atoms with Gasteiger partial charge in [-0.15, -0.1) is 0 Å². The summed E-state index contributed by atoms with van der Waals surface area (Å²) in [5.74, 6) is 0. The molecule has 0 aliphatic rings. The maximum atomic E-state index is 2.28. The Morgan fingerprint density at radius 3 is 1.67 bits per heavy atom. The Bertz CT molecular complexity index is 483. The zero-order valence-electron chi connectivity index (χ0n) is 7.84. The first-order valence-electron chi connectivity index (χ1n) is 4.61. The van der Waals surface area contributed by atoms with E-state index in [4.69, 9.17) is 0 Å². The van der Waals surface area contributed by atoms with Crippen LogP contribution in [0.15, 0.2) is 46.3 Å². The van der Waals surface area contributed by atoms with Gasteiger partial charge < -0.3 is 0 Å².